The molecule has 4 atom stereocenters. The van der Waals surface area contributed by atoms with Crippen LogP contribution in [-0.4, -0.2) is 71.4 Å². The second-order valence-electron chi connectivity index (χ2n) is 9.50. The van der Waals surface area contributed by atoms with Gasteiger partial charge in [0.1, 0.15) is 5.76 Å². The van der Waals surface area contributed by atoms with Gasteiger partial charge in [-0.1, -0.05) is 0 Å². The Morgan fingerprint density at radius 3 is 2.49 bits per heavy atom. The highest BCUT2D eigenvalue weighted by Crippen LogP contribution is 2.51. The van der Waals surface area contributed by atoms with Crippen LogP contribution in [0.2, 0.25) is 0 Å². The minimum atomic E-state index is -4.21. The molecule has 0 spiro atoms. The quantitative estimate of drug-likeness (QED) is 0.247. The fourth-order valence-corrected chi connectivity index (χ4v) is 9.43. The Hall–Kier alpha value is -2.04. The molecular weight excluding hydrogens is 572 g/mol. The van der Waals surface area contributed by atoms with Crippen molar-refractivity contribution in [3.05, 3.63) is 44.6 Å². The Balaban J connectivity index is 2.48. The first-order chi connectivity index (χ1) is 18.1. The average Bonchev–Trinajstić information content (AvgIpc) is 3.11. The summed E-state index contributed by atoms with van der Waals surface area (Å²) in [5, 5.41) is 9.26. The molecule has 2 heterocycles. The van der Waals surface area contributed by atoms with E-state index in [1.165, 1.54) is 13.3 Å². The number of nitrogens with zero attached hydrogens (tertiary/aromatic N) is 3. The molecule has 0 aromatic carbocycles. The highest BCUT2D eigenvalue weighted by molar-refractivity contribution is 7.94. The molecule has 0 saturated carbocycles. The summed E-state index contributed by atoms with van der Waals surface area (Å²) >= 11 is 0. The summed E-state index contributed by atoms with van der Waals surface area (Å²) in [6, 6.07) is 3.45. The Bertz CT molecular complexity index is 1330. The number of hydrogen-bond donors (Lipinski definition) is 3. The molecule has 3 unspecified atom stereocenters. The number of allylic oxidation sites excluding steroid dienone is 1. The Morgan fingerprint density at radius 1 is 1.33 bits per heavy atom. The van der Waals surface area contributed by atoms with Crippen LogP contribution in [-0.2, 0) is 28.6 Å². The molecule has 0 amide bonds. The van der Waals surface area contributed by atoms with Gasteiger partial charge in [0.2, 0.25) is 16.3 Å². The number of nitrogens with one attached hydrogen (secondary N) is 2. The van der Waals surface area contributed by atoms with Crippen LogP contribution in [0.1, 0.15) is 53.2 Å². The standard InChI is InChI=1S/C22H37N5O9P2S/c1-15(2)27(16(3)4)37(13-8-11-23)36-19-17(9-7-14-38(30,31)25-39(6,32)33)35-21(20(19)34-5)26-12-10-18(28)24-22(26)29/h10,12,15-16,20-21H,7-9,13-14H2,1-6H3,(H,24,28,29)(H2,25,30,31)/t20?,21-,37?/m1/s1. The summed E-state index contributed by atoms with van der Waals surface area (Å²) in [5.41, 5.74) is -1.32. The number of rotatable bonds is 15. The van der Waals surface area contributed by atoms with Crippen molar-refractivity contribution in [3.63, 3.8) is 0 Å². The number of ether oxygens (including phenoxy) is 2. The third-order valence-corrected chi connectivity index (χ3v) is 11.4. The number of methoxy groups -OCH3 is 1. The summed E-state index contributed by atoms with van der Waals surface area (Å²) in [5.74, 6) is 0.515. The van der Waals surface area contributed by atoms with E-state index in [2.05, 4.69) is 15.7 Å². The van der Waals surface area contributed by atoms with Gasteiger partial charge in [-0.3, -0.25) is 18.9 Å². The first-order valence-corrected chi connectivity index (χ1v) is 17.4. The van der Waals surface area contributed by atoms with Gasteiger partial charge in [0, 0.05) is 56.6 Å². The first kappa shape index (κ1) is 33.2. The summed E-state index contributed by atoms with van der Waals surface area (Å²) in [6.45, 7) is 8.04. The van der Waals surface area contributed by atoms with Gasteiger partial charge in [0.25, 0.3) is 13.1 Å². The van der Waals surface area contributed by atoms with Crippen LogP contribution in [0.4, 0.5) is 0 Å². The predicted octanol–water partition coefficient (Wildman–Crippen LogP) is 2.17. The van der Waals surface area contributed by atoms with Gasteiger partial charge < -0.3 is 18.9 Å². The van der Waals surface area contributed by atoms with E-state index in [9.17, 15) is 32.7 Å². The van der Waals surface area contributed by atoms with Gasteiger partial charge >= 0.3 is 5.69 Å². The third-order valence-electron chi connectivity index (χ3n) is 5.54. The lowest BCUT2D eigenvalue weighted by Crippen LogP contribution is -2.37. The zero-order valence-electron chi connectivity index (χ0n) is 22.9. The lowest BCUT2D eigenvalue weighted by Gasteiger charge is -2.37. The van der Waals surface area contributed by atoms with Crippen LogP contribution in [0.5, 0.6) is 0 Å². The molecule has 0 aliphatic carbocycles. The summed E-state index contributed by atoms with van der Waals surface area (Å²) in [4.78, 5) is 36.4. The molecule has 2 rings (SSSR count). The van der Waals surface area contributed by atoms with Crippen molar-refractivity contribution in [2.24, 2.45) is 0 Å². The van der Waals surface area contributed by atoms with Crippen LogP contribution in [0, 0.1) is 11.3 Å². The van der Waals surface area contributed by atoms with Crippen molar-refractivity contribution in [1.82, 2.24) is 18.7 Å². The van der Waals surface area contributed by atoms with Gasteiger partial charge in [-0.15, -0.1) is 4.49 Å². The predicted molar refractivity (Wildman–Crippen MR) is 146 cm³/mol. The van der Waals surface area contributed by atoms with E-state index < -0.39 is 49.4 Å². The molecule has 1 aromatic heterocycles. The summed E-state index contributed by atoms with van der Waals surface area (Å²) < 4.78 is 58.6. The minimum absolute atomic E-state index is 0.0381. The van der Waals surface area contributed by atoms with E-state index in [-0.39, 0.29) is 49.0 Å². The molecule has 1 aliphatic rings. The summed E-state index contributed by atoms with van der Waals surface area (Å²) in [6.07, 6.45) is 0.447. The molecule has 3 N–H and O–H groups in total. The number of nitriles is 1. The van der Waals surface area contributed by atoms with E-state index >= 15 is 0 Å². The lowest BCUT2D eigenvalue weighted by atomic mass is 10.2. The number of aromatic nitrogens is 2. The van der Waals surface area contributed by atoms with Crippen LogP contribution in [0.3, 0.4) is 0 Å². The molecule has 220 valence electrons. The maximum Gasteiger partial charge on any atom is 0.331 e. The molecule has 0 fully saturated rings. The molecule has 0 saturated heterocycles. The largest absolute Gasteiger partial charge is 0.467 e. The topological polar surface area (TPSA) is 193 Å². The fraction of sp³-hybridized carbons (Fsp3) is 0.682. The van der Waals surface area contributed by atoms with E-state index in [0.717, 1.165) is 16.9 Å². The normalized spacial score (nSPS) is 20.2. The maximum absolute atomic E-state index is 12.6. The number of hydrogen-bond acceptors (Lipinski definition) is 10. The second kappa shape index (κ2) is 14.0. The molecule has 39 heavy (non-hydrogen) atoms. The lowest BCUT2D eigenvalue weighted by molar-refractivity contribution is -0.0334. The van der Waals surface area contributed by atoms with Gasteiger partial charge in [-0.25, -0.2) is 17.9 Å². The number of sulfonamides is 1. The molecule has 0 bridgehead atoms. The van der Waals surface area contributed by atoms with Crippen LogP contribution >= 0.6 is 15.8 Å². The molecule has 17 heteroatoms. The van der Waals surface area contributed by atoms with Crippen molar-refractivity contribution < 1.29 is 31.9 Å². The van der Waals surface area contributed by atoms with Crippen molar-refractivity contribution in [2.75, 3.05) is 25.7 Å². The Labute approximate surface area is 229 Å². The van der Waals surface area contributed by atoms with Crippen molar-refractivity contribution in [3.8, 4) is 6.07 Å². The third kappa shape index (κ3) is 9.53. The first-order valence-electron chi connectivity index (χ1n) is 12.3. The van der Waals surface area contributed by atoms with E-state index in [1.54, 1.807) is 4.49 Å². The molecule has 1 aliphatic heterocycles. The molecular formula is C22H37N5O9P2S. The van der Waals surface area contributed by atoms with E-state index in [4.69, 9.17) is 14.0 Å². The van der Waals surface area contributed by atoms with E-state index in [1.807, 2.05) is 27.7 Å². The smallest absolute Gasteiger partial charge is 0.331 e. The number of H-pyrrole nitrogens is 1. The van der Waals surface area contributed by atoms with Crippen molar-refractivity contribution in [2.45, 2.75) is 71.4 Å². The Morgan fingerprint density at radius 2 is 1.97 bits per heavy atom. The second-order valence-corrected chi connectivity index (χ2v) is 15.4. The minimum Gasteiger partial charge on any atom is -0.467 e. The zero-order chi connectivity index (χ0) is 29.5. The zero-order valence-corrected chi connectivity index (χ0v) is 25.5. The van der Waals surface area contributed by atoms with Crippen molar-refractivity contribution >= 4 is 25.8 Å². The van der Waals surface area contributed by atoms with Crippen LogP contribution in [0.15, 0.2) is 33.4 Å². The SMILES string of the molecule is COC1C(OP(CCC#N)N(C(C)C)C(C)C)=C(CCCP(=O)(O)NS(C)(=O)=O)O[C@H]1n1ccc(=O)[nH]c1=O. The molecule has 0 radical (unpaired) electrons. The van der Waals surface area contributed by atoms with E-state index in [0.29, 0.717) is 6.16 Å². The fourth-order valence-electron chi connectivity index (χ4n) is 4.23. The van der Waals surface area contributed by atoms with Gasteiger partial charge in [-0.05, 0) is 34.1 Å². The highest BCUT2D eigenvalue weighted by atomic mass is 32.2. The molecule has 14 nitrogen and oxygen atoms in total. The molecule has 1 aromatic rings. The van der Waals surface area contributed by atoms with Crippen LogP contribution in [0.25, 0.3) is 0 Å². The van der Waals surface area contributed by atoms with Crippen LogP contribution < -0.4 is 15.7 Å². The van der Waals surface area contributed by atoms with Crippen molar-refractivity contribution in [1.29, 1.82) is 5.26 Å². The monoisotopic (exact) mass is 609 g/mol. The van der Waals surface area contributed by atoms with Gasteiger partial charge in [0.05, 0.1) is 12.3 Å². The Kier molecular flexibility index (Phi) is 11.9. The van der Waals surface area contributed by atoms with Gasteiger partial charge in [0.15, 0.2) is 20.2 Å². The maximum atomic E-state index is 12.6. The number of aromatic amines is 1. The highest BCUT2D eigenvalue weighted by Gasteiger charge is 2.43. The van der Waals surface area contributed by atoms with Gasteiger partial charge in [-0.2, -0.15) is 5.26 Å². The average molecular weight is 610 g/mol. The summed E-state index contributed by atoms with van der Waals surface area (Å²) in [7, 11) is -8.09.